The summed E-state index contributed by atoms with van der Waals surface area (Å²) in [5.41, 5.74) is 7.46. The van der Waals surface area contributed by atoms with Crippen LogP contribution in [0, 0.1) is 5.82 Å². The molecule has 3 N–H and O–H groups in total. The van der Waals surface area contributed by atoms with E-state index in [-0.39, 0.29) is 11.9 Å². The number of nitrogens with zero attached hydrogens (tertiary/aromatic N) is 1. The van der Waals surface area contributed by atoms with Gasteiger partial charge in [-0.15, -0.1) is 0 Å². The second-order valence-electron chi connectivity index (χ2n) is 4.89. The third-order valence-corrected chi connectivity index (χ3v) is 4.03. The first-order valence-electron chi connectivity index (χ1n) is 7.00. The van der Waals surface area contributed by atoms with Crippen LogP contribution in [0.5, 0.6) is 0 Å². The van der Waals surface area contributed by atoms with Crippen molar-refractivity contribution in [3.8, 4) is 0 Å². The molecule has 2 aromatic rings. The fourth-order valence-corrected chi connectivity index (χ4v) is 2.90. The summed E-state index contributed by atoms with van der Waals surface area (Å²) >= 11 is 3.44. The van der Waals surface area contributed by atoms with Crippen LogP contribution in [0.25, 0.3) is 0 Å². The van der Waals surface area contributed by atoms with Gasteiger partial charge in [-0.25, -0.2) is 9.37 Å². The molecule has 2 rings (SSSR count). The normalized spacial score (nSPS) is 12.3. The van der Waals surface area contributed by atoms with Crippen LogP contribution in [0.3, 0.4) is 0 Å². The lowest BCUT2D eigenvalue weighted by atomic mass is 9.98. The summed E-state index contributed by atoms with van der Waals surface area (Å²) in [6, 6.07) is 8.65. The van der Waals surface area contributed by atoms with Crippen molar-refractivity contribution in [3.05, 3.63) is 57.9 Å². The van der Waals surface area contributed by atoms with Crippen molar-refractivity contribution < 1.29 is 4.39 Å². The molecule has 21 heavy (non-hydrogen) atoms. The van der Waals surface area contributed by atoms with E-state index in [1.54, 1.807) is 12.3 Å². The van der Waals surface area contributed by atoms with Gasteiger partial charge in [-0.1, -0.05) is 35.0 Å². The van der Waals surface area contributed by atoms with E-state index < -0.39 is 0 Å². The summed E-state index contributed by atoms with van der Waals surface area (Å²) in [4.78, 5) is 4.10. The molecule has 5 heteroatoms. The SMILES string of the molecule is CCCNC(Cc1cccnc1N)c1c(F)cccc1Br. The van der Waals surface area contributed by atoms with Gasteiger partial charge in [0.2, 0.25) is 0 Å². The second kappa shape index (κ2) is 7.52. The molecule has 0 amide bonds. The molecule has 0 radical (unpaired) electrons. The van der Waals surface area contributed by atoms with Crippen LogP contribution in [-0.2, 0) is 6.42 Å². The molecule has 0 saturated heterocycles. The Morgan fingerprint density at radius 2 is 2.14 bits per heavy atom. The molecule has 112 valence electrons. The largest absolute Gasteiger partial charge is 0.383 e. The molecule has 0 bridgehead atoms. The van der Waals surface area contributed by atoms with Gasteiger partial charge in [0.15, 0.2) is 0 Å². The molecule has 1 aromatic carbocycles. The smallest absolute Gasteiger partial charge is 0.129 e. The molecule has 0 aliphatic heterocycles. The fraction of sp³-hybridized carbons (Fsp3) is 0.312. The molecule has 1 atom stereocenters. The Bertz CT molecular complexity index is 584. The molecule has 0 spiro atoms. The molecule has 1 aromatic heterocycles. The summed E-state index contributed by atoms with van der Waals surface area (Å²) < 4.78 is 15.0. The molecule has 0 fully saturated rings. The molecular weight excluding hydrogens is 333 g/mol. The van der Waals surface area contributed by atoms with Gasteiger partial charge >= 0.3 is 0 Å². The topological polar surface area (TPSA) is 50.9 Å². The van der Waals surface area contributed by atoms with E-state index in [0.29, 0.717) is 17.8 Å². The minimum Gasteiger partial charge on any atom is -0.383 e. The van der Waals surface area contributed by atoms with Crippen molar-refractivity contribution in [1.29, 1.82) is 0 Å². The van der Waals surface area contributed by atoms with E-state index in [2.05, 4.69) is 33.2 Å². The third kappa shape index (κ3) is 4.02. The highest BCUT2D eigenvalue weighted by atomic mass is 79.9. The van der Waals surface area contributed by atoms with Gasteiger partial charge < -0.3 is 11.1 Å². The zero-order chi connectivity index (χ0) is 15.2. The molecule has 3 nitrogen and oxygen atoms in total. The molecule has 1 heterocycles. The zero-order valence-corrected chi connectivity index (χ0v) is 13.5. The van der Waals surface area contributed by atoms with E-state index in [9.17, 15) is 4.39 Å². The van der Waals surface area contributed by atoms with Gasteiger partial charge in [-0.3, -0.25) is 0 Å². The summed E-state index contributed by atoms with van der Waals surface area (Å²) in [5, 5.41) is 3.39. The monoisotopic (exact) mass is 351 g/mol. The highest BCUT2D eigenvalue weighted by Crippen LogP contribution is 2.29. The van der Waals surface area contributed by atoms with Crippen molar-refractivity contribution >= 4 is 21.7 Å². The minimum atomic E-state index is -0.222. The molecule has 0 saturated carbocycles. The van der Waals surface area contributed by atoms with Crippen LogP contribution in [0.15, 0.2) is 41.0 Å². The Morgan fingerprint density at radius 3 is 2.81 bits per heavy atom. The van der Waals surface area contributed by atoms with E-state index >= 15 is 0 Å². The maximum Gasteiger partial charge on any atom is 0.129 e. The van der Waals surface area contributed by atoms with Crippen LogP contribution < -0.4 is 11.1 Å². The number of aromatic nitrogens is 1. The number of nitrogens with one attached hydrogen (secondary N) is 1. The summed E-state index contributed by atoms with van der Waals surface area (Å²) in [7, 11) is 0. The standard InChI is InChI=1S/C16H19BrFN3/c1-2-8-20-14(10-11-5-4-9-21-16(11)19)15-12(17)6-3-7-13(15)18/h3-7,9,14,20H,2,8,10H2,1H3,(H2,19,21). The Balaban J connectivity index is 2.32. The van der Waals surface area contributed by atoms with E-state index in [1.165, 1.54) is 6.07 Å². The van der Waals surface area contributed by atoms with Crippen LogP contribution in [0.1, 0.15) is 30.5 Å². The van der Waals surface area contributed by atoms with Crippen LogP contribution in [0.2, 0.25) is 0 Å². The average Bonchev–Trinajstić information content (AvgIpc) is 2.46. The summed E-state index contributed by atoms with van der Waals surface area (Å²) in [6.07, 6.45) is 3.23. The van der Waals surface area contributed by atoms with Crippen molar-refractivity contribution in [3.63, 3.8) is 0 Å². The minimum absolute atomic E-state index is 0.146. The van der Waals surface area contributed by atoms with Crippen molar-refractivity contribution in [2.45, 2.75) is 25.8 Å². The first-order valence-corrected chi connectivity index (χ1v) is 7.79. The van der Waals surface area contributed by atoms with Gasteiger partial charge in [-0.2, -0.15) is 0 Å². The number of anilines is 1. The molecular formula is C16H19BrFN3. The van der Waals surface area contributed by atoms with Gasteiger partial charge in [0, 0.05) is 22.3 Å². The molecule has 1 unspecified atom stereocenters. The Labute approximate surface area is 132 Å². The Hall–Kier alpha value is -1.46. The number of hydrogen-bond donors (Lipinski definition) is 2. The van der Waals surface area contributed by atoms with Crippen LogP contribution in [-0.4, -0.2) is 11.5 Å². The van der Waals surface area contributed by atoms with Gasteiger partial charge in [0.1, 0.15) is 11.6 Å². The predicted octanol–water partition coefficient (Wildman–Crippen LogP) is 3.85. The lowest BCUT2D eigenvalue weighted by Crippen LogP contribution is -2.26. The Morgan fingerprint density at radius 1 is 1.33 bits per heavy atom. The number of nitrogens with two attached hydrogens (primary N) is 1. The molecule has 0 aliphatic carbocycles. The third-order valence-electron chi connectivity index (χ3n) is 3.34. The number of nitrogen functional groups attached to an aromatic ring is 1. The van der Waals surface area contributed by atoms with Crippen molar-refractivity contribution in [2.24, 2.45) is 0 Å². The van der Waals surface area contributed by atoms with Gasteiger partial charge in [-0.05, 0) is 43.1 Å². The number of benzene rings is 1. The highest BCUT2D eigenvalue weighted by Gasteiger charge is 2.19. The lowest BCUT2D eigenvalue weighted by molar-refractivity contribution is 0.495. The van der Waals surface area contributed by atoms with E-state index in [4.69, 9.17) is 5.73 Å². The van der Waals surface area contributed by atoms with Crippen molar-refractivity contribution in [2.75, 3.05) is 12.3 Å². The van der Waals surface area contributed by atoms with E-state index in [0.717, 1.165) is 23.0 Å². The number of rotatable bonds is 6. The van der Waals surface area contributed by atoms with E-state index in [1.807, 2.05) is 18.2 Å². The zero-order valence-electron chi connectivity index (χ0n) is 11.9. The number of pyridine rings is 1. The molecule has 0 aliphatic rings. The van der Waals surface area contributed by atoms with Gasteiger partial charge in [0.25, 0.3) is 0 Å². The Kier molecular flexibility index (Phi) is 5.70. The lowest BCUT2D eigenvalue weighted by Gasteiger charge is -2.21. The van der Waals surface area contributed by atoms with Gasteiger partial charge in [0.05, 0.1) is 0 Å². The number of hydrogen-bond acceptors (Lipinski definition) is 3. The quantitative estimate of drug-likeness (QED) is 0.830. The average molecular weight is 352 g/mol. The van der Waals surface area contributed by atoms with Crippen LogP contribution >= 0.6 is 15.9 Å². The summed E-state index contributed by atoms with van der Waals surface area (Å²) in [6.45, 7) is 2.89. The first kappa shape index (κ1) is 15.9. The number of halogens is 2. The summed E-state index contributed by atoms with van der Waals surface area (Å²) in [5.74, 6) is 0.272. The highest BCUT2D eigenvalue weighted by molar-refractivity contribution is 9.10. The van der Waals surface area contributed by atoms with Crippen LogP contribution in [0.4, 0.5) is 10.2 Å². The predicted molar refractivity (Wildman–Crippen MR) is 87.5 cm³/mol. The second-order valence-corrected chi connectivity index (χ2v) is 5.75. The maximum absolute atomic E-state index is 14.2. The first-order chi connectivity index (χ1) is 10.1. The fourth-order valence-electron chi connectivity index (χ4n) is 2.28. The maximum atomic E-state index is 14.2. The van der Waals surface area contributed by atoms with Crippen molar-refractivity contribution in [1.82, 2.24) is 10.3 Å².